The molecule has 0 aromatic rings. The van der Waals surface area contributed by atoms with Gasteiger partial charge in [-0.2, -0.15) is 0 Å². The smallest absolute Gasteiger partial charge is 0.211 e. The molecule has 0 spiro atoms. The first-order valence-corrected chi connectivity index (χ1v) is 9.23. The Morgan fingerprint density at radius 2 is 1.67 bits per heavy atom. The molecular formula is C7H18ClN2PSi. The molecule has 0 N–H and O–H groups in total. The summed E-state index contributed by atoms with van der Waals surface area (Å²) in [4.78, 5) is 0. The number of rotatable bonds is 0. The molecule has 1 unspecified atom stereocenters. The lowest BCUT2D eigenvalue weighted by Crippen LogP contribution is -2.70. The quantitative estimate of drug-likeness (QED) is 0.461. The molecule has 1 atom stereocenters. The lowest BCUT2D eigenvalue weighted by molar-refractivity contribution is 0.319. The van der Waals surface area contributed by atoms with Crippen molar-refractivity contribution >= 4 is 27.2 Å². The highest BCUT2D eigenvalue weighted by molar-refractivity contribution is 7.85. The molecule has 12 heavy (non-hydrogen) atoms. The van der Waals surface area contributed by atoms with E-state index in [1.165, 1.54) is 0 Å². The Morgan fingerprint density at radius 1 is 1.25 bits per heavy atom. The predicted molar refractivity (Wildman–Crippen MR) is 59.6 cm³/mol. The van der Waals surface area contributed by atoms with Gasteiger partial charge in [0.05, 0.1) is 0 Å². The van der Waals surface area contributed by atoms with Crippen molar-refractivity contribution in [2.45, 2.75) is 39.4 Å². The SMILES string of the molecule is CN1P(Cl)N(C(C)(C)C)[Si]1(C)C. The molecule has 0 saturated carbocycles. The second-order valence-electron chi connectivity index (χ2n) is 4.74. The van der Waals surface area contributed by atoms with Crippen LogP contribution in [0, 0.1) is 0 Å². The highest BCUT2D eigenvalue weighted by Crippen LogP contribution is 2.65. The predicted octanol–water partition coefficient (Wildman–Crippen LogP) is 3.20. The molecule has 1 aliphatic heterocycles. The summed E-state index contributed by atoms with van der Waals surface area (Å²) >= 11 is 6.29. The van der Waals surface area contributed by atoms with Crippen LogP contribution in [0.2, 0.25) is 13.1 Å². The van der Waals surface area contributed by atoms with Gasteiger partial charge in [0.25, 0.3) is 0 Å². The topological polar surface area (TPSA) is 6.48 Å². The number of hydrogen-bond donors (Lipinski definition) is 0. The summed E-state index contributed by atoms with van der Waals surface area (Å²) in [5.74, 6) is 0. The fourth-order valence-corrected chi connectivity index (χ4v) is 12.4. The molecule has 5 heteroatoms. The van der Waals surface area contributed by atoms with Gasteiger partial charge >= 0.3 is 0 Å². The molecule has 1 fully saturated rings. The summed E-state index contributed by atoms with van der Waals surface area (Å²) in [6.07, 6.45) is 0. The van der Waals surface area contributed by atoms with Crippen molar-refractivity contribution in [2.24, 2.45) is 0 Å². The van der Waals surface area contributed by atoms with Crippen molar-refractivity contribution in [3.8, 4) is 0 Å². The fraction of sp³-hybridized carbons (Fsp3) is 1.00. The summed E-state index contributed by atoms with van der Waals surface area (Å²) < 4.78 is 4.88. The standard InChI is InChI=1S/C7H18ClN2PSi/c1-7(2,3)10-11(8)9(4)12(10,5)6/h1-6H3. The Morgan fingerprint density at radius 3 is 1.83 bits per heavy atom. The Labute approximate surface area is 82.7 Å². The molecule has 0 bridgehead atoms. The van der Waals surface area contributed by atoms with Gasteiger partial charge in [-0.25, -0.2) is 0 Å². The van der Waals surface area contributed by atoms with Gasteiger partial charge in [-0.05, 0) is 40.9 Å². The van der Waals surface area contributed by atoms with Crippen LogP contribution in [-0.4, -0.2) is 29.7 Å². The minimum atomic E-state index is -1.32. The van der Waals surface area contributed by atoms with Crippen molar-refractivity contribution in [1.82, 2.24) is 8.67 Å². The summed E-state index contributed by atoms with van der Waals surface area (Å²) in [5.41, 5.74) is 0.232. The van der Waals surface area contributed by atoms with E-state index in [1.54, 1.807) is 0 Å². The summed E-state index contributed by atoms with van der Waals surface area (Å²) in [6.45, 7) is 11.4. The molecule has 72 valence electrons. The maximum absolute atomic E-state index is 6.29. The van der Waals surface area contributed by atoms with Crippen molar-refractivity contribution in [2.75, 3.05) is 7.05 Å². The van der Waals surface area contributed by atoms with Crippen LogP contribution in [0.1, 0.15) is 20.8 Å². The average Bonchev–Trinajstić information content (AvgIpc) is 1.83. The first-order valence-electron chi connectivity index (χ1n) is 4.19. The minimum absolute atomic E-state index is 0.232. The lowest BCUT2D eigenvalue weighted by atomic mass is 10.1. The zero-order valence-electron chi connectivity index (χ0n) is 8.72. The molecule has 1 aliphatic rings. The third kappa shape index (κ3) is 1.46. The monoisotopic (exact) mass is 224 g/mol. The Balaban J connectivity index is 2.81. The normalized spacial score (nSPS) is 31.8. The van der Waals surface area contributed by atoms with Gasteiger partial charge in [0, 0.05) is 5.54 Å². The van der Waals surface area contributed by atoms with E-state index in [0.29, 0.717) is 0 Å². The Kier molecular flexibility index (Phi) is 2.67. The average molecular weight is 225 g/mol. The highest BCUT2D eigenvalue weighted by Gasteiger charge is 2.56. The maximum Gasteiger partial charge on any atom is 0.211 e. The molecule has 1 saturated heterocycles. The highest BCUT2D eigenvalue weighted by atomic mass is 35.7. The van der Waals surface area contributed by atoms with E-state index >= 15 is 0 Å². The number of halogens is 1. The van der Waals surface area contributed by atoms with Crippen LogP contribution < -0.4 is 0 Å². The van der Waals surface area contributed by atoms with Crippen LogP contribution in [-0.2, 0) is 0 Å². The van der Waals surface area contributed by atoms with E-state index in [1.807, 2.05) is 0 Å². The minimum Gasteiger partial charge on any atom is -0.268 e. The van der Waals surface area contributed by atoms with E-state index in [2.05, 4.69) is 49.6 Å². The molecule has 1 rings (SSSR count). The van der Waals surface area contributed by atoms with Crippen LogP contribution in [0.15, 0.2) is 0 Å². The van der Waals surface area contributed by atoms with Gasteiger partial charge in [-0.15, -0.1) is 0 Å². The molecule has 0 amide bonds. The largest absolute Gasteiger partial charge is 0.268 e. The molecule has 0 aromatic carbocycles. The zero-order valence-corrected chi connectivity index (χ0v) is 11.4. The van der Waals surface area contributed by atoms with E-state index in [0.717, 1.165) is 0 Å². The van der Waals surface area contributed by atoms with Crippen LogP contribution in [0.3, 0.4) is 0 Å². The van der Waals surface area contributed by atoms with Gasteiger partial charge < -0.3 is 0 Å². The van der Waals surface area contributed by atoms with E-state index in [4.69, 9.17) is 11.2 Å². The van der Waals surface area contributed by atoms with Gasteiger partial charge in [-0.1, -0.05) is 11.2 Å². The van der Waals surface area contributed by atoms with Gasteiger partial charge in [0.1, 0.15) is 7.58 Å². The van der Waals surface area contributed by atoms with Crippen LogP contribution in [0.5, 0.6) is 0 Å². The Bertz CT molecular complexity index is 192. The Hall–Kier alpha value is 0.857. The summed E-state index contributed by atoms with van der Waals surface area (Å²) in [5, 5.41) is 0. The van der Waals surface area contributed by atoms with E-state index < -0.39 is 16.0 Å². The molecule has 0 radical (unpaired) electrons. The van der Waals surface area contributed by atoms with Crippen molar-refractivity contribution in [1.29, 1.82) is 0 Å². The van der Waals surface area contributed by atoms with Crippen molar-refractivity contribution < 1.29 is 0 Å². The number of nitrogens with zero attached hydrogens (tertiary/aromatic N) is 2. The van der Waals surface area contributed by atoms with Crippen LogP contribution in [0.25, 0.3) is 0 Å². The van der Waals surface area contributed by atoms with Gasteiger partial charge in [-0.3, -0.25) is 8.67 Å². The summed E-state index contributed by atoms with van der Waals surface area (Å²) in [6, 6.07) is 0. The van der Waals surface area contributed by atoms with Gasteiger partial charge in [0.15, 0.2) is 0 Å². The molecule has 2 nitrogen and oxygen atoms in total. The van der Waals surface area contributed by atoms with E-state index in [9.17, 15) is 0 Å². The van der Waals surface area contributed by atoms with Crippen molar-refractivity contribution in [3.63, 3.8) is 0 Å². The molecule has 1 heterocycles. The van der Waals surface area contributed by atoms with Crippen LogP contribution in [0.4, 0.5) is 0 Å². The third-order valence-corrected chi connectivity index (χ3v) is 13.0. The van der Waals surface area contributed by atoms with Crippen LogP contribution >= 0.6 is 18.8 Å². The first kappa shape index (κ1) is 10.9. The maximum atomic E-state index is 6.29. The van der Waals surface area contributed by atoms with Crippen molar-refractivity contribution in [3.05, 3.63) is 0 Å². The number of hydrogen-bond acceptors (Lipinski definition) is 2. The molecule has 0 aromatic heterocycles. The first-order chi connectivity index (χ1) is 5.19. The second-order valence-corrected chi connectivity index (χ2v) is 12.0. The lowest BCUT2D eigenvalue weighted by Gasteiger charge is -2.62. The third-order valence-electron chi connectivity index (χ3n) is 2.36. The molecular weight excluding hydrogens is 207 g/mol. The van der Waals surface area contributed by atoms with E-state index in [-0.39, 0.29) is 5.54 Å². The fourth-order valence-electron chi connectivity index (χ4n) is 1.71. The zero-order chi connectivity index (χ0) is 9.73. The summed E-state index contributed by atoms with van der Waals surface area (Å²) in [7, 11) is 0.310. The van der Waals surface area contributed by atoms with Gasteiger partial charge in [0.2, 0.25) is 8.40 Å². The molecule has 0 aliphatic carbocycles. The second kappa shape index (κ2) is 2.93.